The van der Waals surface area contributed by atoms with Crippen molar-refractivity contribution in [1.82, 2.24) is 40.5 Å². The van der Waals surface area contributed by atoms with Crippen LogP contribution in [0.5, 0.6) is 0 Å². The third-order valence-electron chi connectivity index (χ3n) is 5.61. The molecule has 0 saturated carbocycles. The van der Waals surface area contributed by atoms with Crippen molar-refractivity contribution in [2.75, 3.05) is 30.1 Å². The maximum atomic E-state index is 13.2. The molecule has 0 bridgehead atoms. The molecule has 6 N–H and O–H groups in total. The van der Waals surface area contributed by atoms with Gasteiger partial charge in [0.05, 0.1) is 5.69 Å². The maximum absolute atomic E-state index is 13.2. The number of anilines is 2. The minimum absolute atomic E-state index is 0.0220. The number of aliphatic carboxylic acids is 1. The summed E-state index contributed by atoms with van der Waals surface area (Å²) < 4.78 is 25.6. The third kappa shape index (κ3) is 4.84. The molecule has 2 aliphatic rings. The standard InChI is InChI=1S/C18H17N11O7S4/c1-36-25-10(8-4-38-18(20)21-8)14(30)22-11-15(31)28-12(17(32)33)6(5-39(16(11)28)40(34)35)3-37-9-2-7(19)13-23-26-27-29(13)24-9/h2,4,11,16H,3,5,19H2,1H3,(H2,20,21)(H,22,30)(H,32,33)/t11?,16-,39?/m0/s1. The van der Waals surface area contributed by atoms with Crippen LogP contribution in [0.2, 0.25) is 0 Å². The molecule has 5 rings (SSSR count). The number of fused-ring (bicyclic) bond motifs is 2. The Morgan fingerprint density at radius 1 is 1.40 bits per heavy atom. The molecular weight excluding hydrogens is 611 g/mol. The number of carbonyl (C=O) groups excluding carboxylic acids is 2. The highest BCUT2D eigenvalue weighted by Gasteiger charge is 2.56. The van der Waals surface area contributed by atoms with Crippen molar-refractivity contribution in [2.24, 2.45) is 5.16 Å². The molecule has 5 heterocycles. The predicted octanol–water partition coefficient (Wildman–Crippen LogP) is -2.30. The topological polar surface area (TPSA) is 263 Å². The number of aromatic nitrogens is 6. The summed E-state index contributed by atoms with van der Waals surface area (Å²) in [7, 11) is -3.08. The van der Waals surface area contributed by atoms with Crippen LogP contribution >= 0.6 is 23.1 Å². The molecule has 0 spiro atoms. The van der Waals surface area contributed by atoms with Crippen LogP contribution in [-0.4, -0.2) is 102 Å². The van der Waals surface area contributed by atoms with Gasteiger partial charge in [-0.3, -0.25) is 14.5 Å². The molecule has 0 radical (unpaired) electrons. The molecule has 3 aromatic rings. The van der Waals surface area contributed by atoms with Crippen LogP contribution in [0.4, 0.5) is 10.8 Å². The highest BCUT2D eigenvalue weighted by molar-refractivity contribution is 8.34. The average molecular weight is 628 g/mol. The fraction of sp³-hybridized carbons (Fsp3) is 0.278. The minimum Gasteiger partial charge on any atom is -0.477 e. The number of carboxylic acids is 1. The van der Waals surface area contributed by atoms with Crippen LogP contribution in [0.3, 0.4) is 0 Å². The van der Waals surface area contributed by atoms with Crippen molar-refractivity contribution < 1.29 is 32.7 Å². The van der Waals surface area contributed by atoms with Gasteiger partial charge in [0.25, 0.3) is 11.8 Å². The lowest BCUT2D eigenvalue weighted by molar-refractivity contribution is -0.150. The Bertz CT molecular complexity index is 1770. The Hall–Kier alpha value is -4.15. The predicted molar refractivity (Wildman–Crippen MR) is 142 cm³/mol. The van der Waals surface area contributed by atoms with Gasteiger partial charge < -0.3 is 26.7 Å². The number of carboxylic acid groups (broad SMARTS) is 1. The minimum atomic E-state index is -2.71. The second-order valence-corrected chi connectivity index (χ2v) is 13.9. The molecule has 1 saturated heterocycles. The maximum Gasteiger partial charge on any atom is 0.352 e. The number of thioether (sulfide) groups is 1. The molecule has 40 heavy (non-hydrogen) atoms. The first-order valence-corrected chi connectivity index (χ1v) is 15.7. The highest BCUT2D eigenvalue weighted by Crippen LogP contribution is 2.37. The summed E-state index contributed by atoms with van der Waals surface area (Å²) >= 11 is 2.11. The molecule has 210 valence electrons. The van der Waals surface area contributed by atoms with Crippen LogP contribution in [0.1, 0.15) is 5.69 Å². The number of amides is 2. The monoisotopic (exact) mass is 627 g/mol. The van der Waals surface area contributed by atoms with E-state index in [0.717, 1.165) is 32.6 Å². The zero-order valence-corrected chi connectivity index (χ0v) is 23.3. The summed E-state index contributed by atoms with van der Waals surface area (Å²) in [6.07, 6.45) is 0. The number of β-lactam (4-membered cyclic amide) rings is 1. The molecule has 22 heteroatoms. The van der Waals surface area contributed by atoms with Gasteiger partial charge in [0.2, 0.25) is 14.9 Å². The second-order valence-electron chi connectivity index (χ2n) is 7.95. The van der Waals surface area contributed by atoms with E-state index in [-0.39, 0.29) is 50.6 Å². The van der Waals surface area contributed by atoms with E-state index < -0.39 is 47.9 Å². The van der Waals surface area contributed by atoms with E-state index in [1.165, 1.54) is 18.6 Å². The van der Waals surface area contributed by atoms with Crippen molar-refractivity contribution >= 4 is 81.8 Å². The summed E-state index contributed by atoms with van der Waals surface area (Å²) in [5, 5.41) is 32.0. The van der Waals surface area contributed by atoms with E-state index in [2.05, 4.69) is 36.1 Å². The van der Waals surface area contributed by atoms with Gasteiger partial charge in [-0.1, -0.05) is 16.9 Å². The first kappa shape index (κ1) is 27.4. The fourth-order valence-electron chi connectivity index (χ4n) is 3.97. The van der Waals surface area contributed by atoms with Crippen molar-refractivity contribution in [3.8, 4) is 0 Å². The second kappa shape index (κ2) is 10.8. The summed E-state index contributed by atoms with van der Waals surface area (Å²) in [6.45, 7) is 0. The number of oxime groups is 1. The van der Waals surface area contributed by atoms with Crippen LogP contribution in [-0.2, 0) is 37.9 Å². The van der Waals surface area contributed by atoms with E-state index in [9.17, 15) is 27.9 Å². The first-order chi connectivity index (χ1) is 19.1. The largest absolute Gasteiger partial charge is 0.477 e. The number of nitrogens with two attached hydrogens (primary N) is 2. The molecule has 2 amide bonds. The number of nitrogens with one attached hydrogen (secondary N) is 1. The number of thiazole rings is 1. The Kier molecular flexibility index (Phi) is 7.39. The molecule has 1 fully saturated rings. The first-order valence-electron chi connectivity index (χ1n) is 10.8. The van der Waals surface area contributed by atoms with Gasteiger partial charge in [-0.25, -0.2) is 9.78 Å². The van der Waals surface area contributed by atoms with E-state index in [0.29, 0.717) is 5.03 Å². The van der Waals surface area contributed by atoms with Gasteiger partial charge in [-0.2, -0.15) is 8.42 Å². The molecule has 2 aliphatic heterocycles. The van der Waals surface area contributed by atoms with Gasteiger partial charge in [-0.15, -0.1) is 26.2 Å². The Balaban J connectivity index is 1.43. The average Bonchev–Trinajstić information content (AvgIpc) is 3.57. The van der Waals surface area contributed by atoms with Crippen molar-refractivity contribution in [1.29, 1.82) is 0 Å². The summed E-state index contributed by atoms with van der Waals surface area (Å²) in [5.74, 6) is -3.31. The number of rotatable bonds is 8. The molecule has 18 nitrogen and oxygen atoms in total. The van der Waals surface area contributed by atoms with Crippen molar-refractivity contribution in [2.45, 2.75) is 16.4 Å². The summed E-state index contributed by atoms with van der Waals surface area (Å²) in [4.78, 5) is 48.0. The lowest BCUT2D eigenvalue weighted by Gasteiger charge is -2.50. The van der Waals surface area contributed by atoms with E-state index in [1.807, 2.05) is 0 Å². The SMILES string of the molecule is CON=C(C(=O)NC1C(=O)N2C(C(=O)O)=C(CSc3cc(N)c4nnnn4n3)CS(=S(=O)=O)[C@@H]12)c1csc(N)n1. The molecule has 0 aromatic carbocycles. The van der Waals surface area contributed by atoms with Gasteiger partial charge in [-0.05, 0) is 31.5 Å². The van der Waals surface area contributed by atoms with Crippen LogP contribution < -0.4 is 16.8 Å². The number of nitrogens with zero attached hydrogens (tertiary/aromatic N) is 8. The smallest absolute Gasteiger partial charge is 0.352 e. The van der Waals surface area contributed by atoms with Gasteiger partial charge in [0.1, 0.15) is 34.9 Å². The van der Waals surface area contributed by atoms with Gasteiger partial charge >= 0.3 is 5.97 Å². The number of hydrogen-bond donors (Lipinski definition) is 4. The Morgan fingerprint density at radius 3 is 2.83 bits per heavy atom. The van der Waals surface area contributed by atoms with Crippen molar-refractivity contribution in [3.05, 3.63) is 28.4 Å². The van der Waals surface area contributed by atoms with Crippen LogP contribution in [0, 0.1) is 0 Å². The summed E-state index contributed by atoms with van der Waals surface area (Å²) in [5.41, 5.74) is 11.6. The quantitative estimate of drug-likeness (QED) is 0.0885. The number of tetrazole rings is 1. The summed E-state index contributed by atoms with van der Waals surface area (Å²) in [6, 6.07) is 0.156. The Morgan fingerprint density at radius 2 is 2.17 bits per heavy atom. The van der Waals surface area contributed by atoms with Gasteiger partial charge in [0, 0.05) is 16.9 Å². The fourth-order valence-corrected chi connectivity index (χ4v) is 9.28. The van der Waals surface area contributed by atoms with E-state index in [4.69, 9.17) is 16.3 Å². The highest BCUT2D eigenvalue weighted by atomic mass is 32.9. The van der Waals surface area contributed by atoms with E-state index >= 15 is 0 Å². The molecule has 3 aromatic heterocycles. The lowest BCUT2D eigenvalue weighted by atomic mass is 10.0. The zero-order chi connectivity index (χ0) is 28.7. The number of nitrogen functional groups attached to an aromatic ring is 2. The van der Waals surface area contributed by atoms with Crippen LogP contribution in [0.15, 0.2) is 32.9 Å². The normalized spacial score (nSPS) is 20.7. The van der Waals surface area contributed by atoms with E-state index in [1.54, 1.807) is 0 Å². The van der Waals surface area contributed by atoms with Gasteiger partial charge in [0.15, 0.2) is 10.8 Å². The third-order valence-corrected chi connectivity index (χ3v) is 11.3. The number of hydrogen-bond acceptors (Lipinski definition) is 16. The Labute approximate surface area is 234 Å². The van der Waals surface area contributed by atoms with Crippen molar-refractivity contribution in [3.63, 3.8) is 0 Å². The molecule has 2 unspecified atom stereocenters. The van der Waals surface area contributed by atoms with Crippen LogP contribution in [0.25, 0.3) is 5.65 Å². The molecule has 3 atom stereocenters. The number of carbonyl (C=O) groups is 3. The molecule has 0 aliphatic carbocycles. The molecular formula is C18H17N11O7S4. The lowest BCUT2D eigenvalue weighted by Crippen LogP contribution is -2.74. The zero-order valence-electron chi connectivity index (χ0n) is 20.0.